The number of nitrogens with zero attached hydrogens (tertiary/aromatic N) is 1. The molecule has 1 aromatic rings. The Bertz CT molecular complexity index is 673. The summed E-state index contributed by atoms with van der Waals surface area (Å²) in [6, 6.07) is 0. The van der Waals surface area contributed by atoms with E-state index in [1.54, 1.807) is 0 Å². The molecule has 13 nitrogen and oxygen atoms in total. The van der Waals surface area contributed by atoms with Crippen molar-refractivity contribution in [1.82, 2.24) is 9.97 Å². The lowest BCUT2D eigenvalue weighted by Crippen LogP contribution is -2.41. The summed E-state index contributed by atoms with van der Waals surface area (Å²) >= 11 is 0. The molecule has 4 atom stereocenters. The minimum Gasteiger partial charge on any atom is -0.394 e. The summed E-state index contributed by atoms with van der Waals surface area (Å²) in [7, 11) is -5.04. The van der Waals surface area contributed by atoms with Gasteiger partial charge in [-0.1, -0.05) is 0 Å². The lowest BCUT2D eigenvalue weighted by Gasteiger charge is -2.20. The van der Waals surface area contributed by atoms with Gasteiger partial charge in [-0.25, -0.2) is 9.55 Å². The number of ether oxygens (including phenoxy) is 1. The summed E-state index contributed by atoms with van der Waals surface area (Å²) in [5.74, 6) is -2.18. The van der Waals surface area contributed by atoms with Gasteiger partial charge in [-0.3, -0.25) is 14.1 Å². The van der Waals surface area contributed by atoms with Crippen molar-refractivity contribution in [2.45, 2.75) is 24.4 Å². The summed E-state index contributed by atoms with van der Waals surface area (Å²) in [5, 5.41) is 21.1. The maximum Gasteiger partial charge on any atom is 0.470 e. The molecule has 2 rings (SSSR count). The molecule has 1 unspecified atom stereocenters. The van der Waals surface area contributed by atoms with E-state index in [9.17, 15) is 19.3 Å². The van der Waals surface area contributed by atoms with E-state index in [1.165, 1.54) is 0 Å². The number of aliphatic hydroxyl groups excluding tert-OH is 2. The fraction of sp³-hybridized carbons (Fsp3) is 0.500. The topological polar surface area (TPSA) is 217 Å². The fourth-order valence-electron chi connectivity index (χ4n) is 2.08. The second kappa shape index (κ2) is 6.94. The Hall–Kier alpha value is -1.86. The highest BCUT2D eigenvalue weighted by Crippen LogP contribution is 2.42. The molecular weight excluding hydrogens is 351 g/mol. The summed E-state index contributed by atoms with van der Waals surface area (Å²) < 4.78 is 20.4. The number of imidazole rings is 1. The molecule has 0 bridgehead atoms. The third-order valence-corrected chi connectivity index (χ3v) is 3.62. The normalized spacial score (nSPS) is 27.2. The number of carbonyl (C=O) groups excluding carboxylic acids is 2. The Morgan fingerprint density at radius 2 is 2.17 bits per heavy atom. The third kappa shape index (κ3) is 4.15. The molecule has 134 valence electrons. The van der Waals surface area contributed by atoms with E-state index >= 15 is 0 Å². The van der Waals surface area contributed by atoms with Crippen LogP contribution in [0.5, 0.6) is 0 Å². The number of aromatic nitrogens is 2. The molecule has 1 saturated heterocycles. The molecule has 24 heavy (non-hydrogen) atoms. The minimum absolute atomic E-state index is 0.116. The van der Waals surface area contributed by atoms with Gasteiger partial charge in [-0.15, -0.1) is 0 Å². The van der Waals surface area contributed by atoms with Crippen molar-refractivity contribution in [2.75, 3.05) is 11.9 Å². The second-order valence-electron chi connectivity index (χ2n) is 4.82. The Labute approximate surface area is 134 Å². The van der Waals surface area contributed by atoms with Crippen LogP contribution >= 0.6 is 7.82 Å². The van der Waals surface area contributed by atoms with Crippen LogP contribution in [0.25, 0.3) is 0 Å². The second-order valence-corrected chi connectivity index (χ2v) is 6.01. The molecule has 1 aliphatic heterocycles. The van der Waals surface area contributed by atoms with E-state index in [1.807, 2.05) is 0 Å². The predicted octanol–water partition coefficient (Wildman–Crippen LogP) is -2.95. The molecule has 1 fully saturated rings. The lowest BCUT2D eigenvalue weighted by molar-refractivity contribution is -0.130. The summed E-state index contributed by atoms with van der Waals surface area (Å²) in [6.07, 6.45) is -5.15. The largest absolute Gasteiger partial charge is 0.470 e. The zero-order valence-electron chi connectivity index (χ0n) is 11.9. The van der Waals surface area contributed by atoms with E-state index in [4.69, 9.17) is 25.4 Å². The maximum atomic E-state index is 12.2. The molecule has 0 saturated carbocycles. The molecule has 1 aliphatic rings. The summed E-state index contributed by atoms with van der Waals surface area (Å²) in [4.78, 5) is 46.9. The van der Waals surface area contributed by atoms with Crippen LogP contribution in [-0.4, -0.2) is 72.8 Å². The van der Waals surface area contributed by atoms with Crippen LogP contribution in [0.2, 0.25) is 0 Å². The van der Waals surface area contributed by atoms with Crippen LogP contribution in [0.15, 0.2) is 6.20 Å². The molecule has 0 radical (unpaired) electrons. The van der Waals surface area contributed by atoms with Gasteiger partial charge < -0.3 is 40.8 Å². The number of aromatic amines is 1. The van der Waals surface area contributed by atoms with Gasteiger partial charge in [0.15, 0.2) is 17.7 Å². The number of primary amides is 1. The third-order valence-electron chi connectivity index (χ3n) is 3.10. The van der Waals surface area contributed by atoms with E-state index in [0.717, 1.165) is 6.20 Å². The summed E-state index contributed by atoms with van der Waals surface area (Å²) in [5.41, 5.74) is 4.99. The first-order valence-corrected chi connectivity index (χ1v) is 8.00. The maximum absolute atomic E-state index is 12.2. The minimum atomic E-state index is -5.04. The van der Waals surface area contributed by atoms with Gasteiger partial charge in [0.2, 0.25) is 0 Å². The number of carbonyl (C=O) groups is 2. The number of anilines is 1. The highest BCUT2D eigenvalue weighted by atomic mass is 31.2. The van der Waals surface area contributed by atoms with Crippen LogP contribution in [0.3, 0.4) is 0 Å². The van der Waals surface area contributed by atoms with Crippen LogP contribution in [0, 0.1) is 0 Å². The number of hydrogen-bond donors (Lipinski definition) is 7. The molecular formula is C10H15N4O9P. The van der Waals surface area contributed by atoms with Crippen LogP contribution in [-0.2, 0) is 18.6 Å². The number of hydrogen-bond acceptors (Lipinski definition) is 8. The predicted molar refractivity (Wildman–Crippen MR) is 74.4 cm³/mol. The van der Waals surface area contributed by atoms with Gasteiger partial charge >= 0.3 is 7.82 Å². The van der Waals surface area contributed by atoms with Gasteiger partial charge in [0.25, 0.3) is 11.8 Å². The van der Waals surface area contributed by atoms with Gasteiger partial charge in [-0.2, -0.15) is 0 Å². The highest BCUT2D eigenvalue weighted by Gasteiger charge is 2.50. The first kappa shape index (κ1) is 18.5. The monoisotopic (exact) mass is 366 g/mol. The van der Waals surface area contributed by atoms with Crippen LogP contribution < -0.4 is 11.1 Å². The number of amides is 2. The number of phosphoric ester groups is 1. The number of H-pyrrole nitrogens is 1. The van der Waals surface area contributed by atoms with Gasteiger partial charge in [0.05, 0.1) is 6.61 Å². The number of nitrogens with two attached hydrogens (primary N) is 1. The van der Waals surface area contributed by atoms with Crippen molar-refractivity contribution in [1.29, 1.82) is 0 Å². The summed E-state index contributed by atoms with van der Waals surface area (Å²) in [6.45, 7) is -0.708. The molecule has 14 heteroatoms. The molecule has 0 aliphatic carbocycles. The van der Waals surface area contributed by atoms with Crippen molar-refractivity contribution in [2.24, 2.45) is 5.73 Å². The smallest absolute Gasteiger partial charge is 0.394 e. The van der Waals surface area contributed by atoms with E-state index in [0.29, 0.717) is 0 Å². The van der Waals surface area contributed by atoms with E-state index < -0.39 is 50.7 Å². The quantitative estimate of drug-likeness (QED) is 0.254. The number of aliphatic hydroxyl groups is 2. The SMILES string of the molecule is NC(=O)c1nc(NC(=O)C2O[C@H](CO)[C@@H](O)[C@H]2OP(=O)(O)O)c[nH]1. The zero-order valence-corrected chi connectivity index (χ0v) is 12.8. The van der Waals surface area contributed by atoms with Gasteiger partial charge in [-0.05, 0) is 0 Å². The van der Waals surface area contributed by atoms with E-state index in [-0.39, 0.29) is 11.6 Å². The molecule has 8 N–H and O–H groups in total. The number of nitrogens with one attached hydrogen (secondary N) is 2. The fourth-order valence-corrected chi connectivity index (χ4v) is 2.64. The Kier molecular flexibility index (Phi) is 5.35. The van der Waals surface area contributed by atoms with Crippen molar-refractivity contribution in [3.63, 3.8) is 0 Å². The first-order valence-electron chi connectivity index (χ1n) is 6.47. The van der Waals surface area contributed by atoms with Crippen molar-refractivity contribution in [3.8, 4) is 0 Å². The molecule has 2 heterocycles. The van der Waals surface area contributed by atoms with Crippen molar-refractivity contribution < 1.29 is 43.4 Å². The molecule has 2 amide bonds. The zero-order chi connectivity index (χ0) is 18.1. The average molecular weight is 366 g/mol. The van der Waals surface area contributed by atoms with Gasteiger partial charge in [0.1, 0.15) is 18.3 Å². The first-order chi connectivity index (χ1) is 11.1. The van der Waals surface area contributed by atoms with Crippen LogP contribution in [0.4, 0.5) is 5.82 Å². The van der Waals surface area contributed by atoms with Gasteiger partial charge in [0, 0.05) is 6.20 Å². The van der Waals surface area contributed by atoms with Crippen molar-refractivity contribution in [3.05, 3.63) is 12.0 Å². The Morgan fingerprint density at radius 3 is 2.67 bits per heavy atom. The Balaban J connectivity index is 2.15. The standard InChI is InChI=1S/C10H15N4O9P/c11-8(17)9-12-1-4(13-9)14-10(18)7-6(23-24(19,20)21)5(16)3(2-15)22-7/h1,3,5-7,15-16H,2H2,(H2,11,17)(H,12,13)(H,14,18)(H2,19,20,21)/t3-,5-,6-,7?/m1/s1. The lowest BCUT2D eigenvalue weighted by atomic mass is 10.1. The molecule has 0 aromatic carbocycles. The molecule has 1 aromatic heterocycles. The van der Waals surface area contributed by atoms with Crippen molar-refractivity contribution >= 4 is 25.5 Å². The average Bonchev–Trinajstić information content (AvgIpc) is 3.04. The number of rotatable bonds is 6. The van der Waals surface area contributed by atoms with E-state index in [2.05, 4.69) is 19.8 Å². The highest BCUT2D eigenvalue weighted by molar-refractivity contribution is 7.46. The Morgan fingerprint density at radius 1 is 1.50 bits per heavy atom. The number of phosphoric acid groups is 1. The van der Waals surface area contributed by atoms with Crippen LogP contribution in [0.1, 0.15) is 10.6 Å². The molecule has 0 spiro atoms.